The highest BCUT2D eigenvalue weighted by atomic mass is 79.9. The third-order valence-corrected chi connectivity index (χ3v) is 5.03. The average molecular weight is 418 g/mol. The van der Waals surface area contributed by atoms with Crippen LogP contribution in [0.2, 0.25) is 0 Å². The number of hydrogen-bond acceptors (Lipinski definition) is 5. The van der Waals surface area contributed by atoms with Crippen LogP contribution >= 0.6 is 15.9 Å². The summed E-state index contributed by atoms with van der Waals surface area (Å²) < 4.78 is 31.4. The van der Waals surface area contributed by atoms with Crippen molar-refractivity contribution in [2.45, 2.75) is 37.8 Å². The Kier molecular flexibility index (Phi) is 7.37. The van der Waals surface area contributed by atoms with Gasteiger partial charge in [-0.15, -0.1) is 0 Å². The molecule has 7 heteroatoms. The van der Waals surface area contributed by atoms with Crippen LogP contribution in [0.25, 0.3) is 0 Å². The standard InChI is InChI=1S/C18H25BrFNO4/c1-3-4-7-24-10-13-9-15(17(22)23-2)18(21,11-25-13)14-8-12(19)5-6-16(14)20/h5-6,8,13,15H,3-4,7,9-11,21H2,1-2H3/t13-,15+,18-/m1/s1. The maximum Gasteiger partial charge on any atom is 0.311 e. The summed E-state index contributed by atoms with van der Waals surface area (Å²) in [6.07, 6.45) is 2.07. The van der Waals surface area contributed by atoms with Crippen LogP contribution in [0.3, 0.4) is 0 Å². The molecule has 0 saturated carbocycles. The Morgan fingerprint density at radius 1 is 1.52 bits per heavy atom. The van der Waals surface area contributed by atoms with E-state index in [1.54, 1.807) is 12.1 Å². The summed E-state index contributed by atoms with van der Waals surface area (Å²) in [5.41, 5.74) is 5.43. The molecule has 2 N–H and O–H groups in total. The third kappa shape index (κ3) is 4.78. The number of carbonyl (C=O) groups excluding carboxylic acids is 1. The third-order valence-electron chi connectivity index (χ3n) is 4.54. The molecular formula is C18H25BrFNO4. The molecule has 2 rings (SSSR count). The van der Waals surface area contributed by atoms with Crippen LogP contribution in [0.15, 0.2) is 22.7 Å². The highest BCUT2D eigenvalue weighted by Gasteiger charge is 2.48. The van der Waals surface area contributed by atoms with E-state index >= 15 is 0 Å². The van der Waals surface area contributed by atoms with Gasteiger partial charge in [0.15, 0.2) is 0 Å². The minimum atomic E-state index is -1.29. The SMILES string of the molecule is CCCCOC[C@H]1C[C@@H](C(=O)OC)[C@](N)(c2cc(Br)ccc2F)CO1. The summed E-state index contributed by atoms with van der Waals surface area (Å²) in [5.74, 6) is -1.65. The zero-order chi connectivity index (χ0) is 18.4. The quantitative estimate of drug-likeness (QED) is 0.544. The molecule has 1 fully saturated rings. The van der Waals surface area contributed by atoms with Gasteiger partial charge < -0.3 is 19.9 Å². The number of benzene rings is 1. The Hall–Kier alpha value is -1.02. The van der Waals surface area contributed by atoms with Gasteiger partial charge in [-0.1, -0.05) is 29.3 Å². The maximum atomic E-state index is 14.4. The van der Waals surface area contributed by atoms with Crippen molar-refractivity contribution in [3.05, 3.63) is 34.1 Å². The molecule has 0 spiro atoms. The van der Waals surface area contributed by atoms with E-state index in [1.807, 2.05) is 0 Å². The zero-order valence-electron chi connectivity index (χ0n) is 14.6. The van der Waals surface area contributed by atoms with E-state index in [9.17, 15) is 9.18 Å². The van der Waals surface area contributed by atoms with Crippen molar-refractivity contribution in [1.29, 1.82) is 0 Å². The molecule has 1 aromatic rings. The van der Waals surface area contributed by atoms with Gasteiger partial charge in [-0.25, -0.2) is 4.39 Å². The fourth-order valence-corrected chi connectivity index (χ4v) is 3.40. The van der Waals surface area contributed by atoms with Crippen LogP contribution in [-0.2, 0) is 24.5 Å². The predicted molar refractivity (Wildman–Crippen MR) is 95.6 cm³/mol. The molecule has 1 aromatic carbocycles. The molecule has 3 atom stereocenters. The highest BCUT2D eigenvalue weighted by Crippen LogP contribution is 2.38. The number of esters is 1. The van der Waals surface area contributed by atoms with E-state index in [0.29, 0.717) is 24.1 Å². The molecule has 0 aromatic heterocycles. The lowest BCUT2D eigenvalue weighted by atomic mass is 9.74. The molecule has 5 nitrogen and oxygen atoms in total. The van der Waals surface area contributed by atoms with E-state index in [1.165, 1.54) is 13.2 Å². The van der Waals surface area contributed by atoms with Crippen molar-refractivity contribution in [3.63, 3.8) is 0 Å². The molecular weight excluding hydrogens is 393 g/mol. The smallest absolute Gasteiger partial charge is 0.311 e. The monoisotopic (exact) mass is 417 g/mol. The molecule has 0 unspecified atom stereocenters. The number of ether oxygens (including phenoxy) is 3. The van der Waals surface area contributed by atoms with Crippen LogP contribution in [0, 0.1) is 11.7 Å². The van der Waals surface area contributed by atoms with Crippen LogP contribution in [-0.4, -0.2) is 39.0 Å². The van der Waals surface area contributed by atoms with Gasteiger partial charge in [-0.3, -0.25) is 4.79 Å². The van der Waals surface area contributed by atoms with E-state index in [-0.39, 0.29) is 18.3 Å². The first-order valence-electron chi connectivity index (χ1n) is 8.44. The van der Waals surface area contributed by atoms with Gasteiger partial charge in [0.05, 0.1) is 37.9 Å². The topological polar surface area (TPSA) is 70.8 Å². The zero-order valence-corrected chi connectivity index (χ0v) is 16.2. The van der Waals surface area contributed by atoms with Gasteiger partial charge in [-0.05, 0) is 31.0 Å². The molecule has 1 saturated heterocycles. The summed E-state index contributed by atoms with van der Waals surface area (Å²) in [7, 11) is 1.31. The van der Waals surface area contributed by atoms with Crippen LogP contribution in [0.4, 0.5) is 4.39 Å². The summed E-state index contributed by atoms with van der Waals surface area (Å²) in [5, 5.41) is 0. The Morgan fingerprint density at radius 3 is 2.96 bits per heavy atom. The van der Waals surface area contributed by atoms with Crippen LogP contribution < -0.4 is 5.73 Å². The first-order chi connectivity index (χ1) is 11.9. The lowest BCUT2D eigenvalue weighted by molar-refractivity contribution is -0.161. The lowest BCUT2D eigenvalue weighted by Crippen LogP contribution is -2.57. The highest BCUT2D eigenvalue weighted by molar-refractivity contribution is 9.10. The summed E-state index contributed by atoms with van der Waals surface area (Å²) in [6, 6.07) is 4.50. The Bertz CT molecular complexity index is 600. The number of methoxy groups -OCH3 is 1. The average Bonchev–Trinajstić information content (AvgIpc) is 2.61. The van der Waals surface area contributed by atoms with Crippen LogP contribution in [0.1, 0.15) is 31.7 Å². The molecule has 1 heterocycles. The number of nitrogens with two attached hydrogens (primary N) is 1. The predicted octanol–water partition coefficient (Wildman–Crippen LogP) is 3.14. The molecule has 1 aliphatic heterocycles. The van der Waals surface area contributed by atoms with Gasteiger partial charge in [0.25, 0.3) is 0 Å². The molecule has 0 bridgehead atoms. The Balaban J connectivity index is 2.20. The lowest BCUT2D eigenvalue weighted by Gasteiger charge is -2.42. The van der Waals surface area contributed by atoms with Crippen molar-refractivity contribution in [1.82, 2.24) is 0 Å². The molecule has 0 amide bonds. The minimum absolute atomic E-state index is 0.0158. The summed E-state index contributed by atoms with van der Waals surface area (Å²) in [6.45, 7) is 3.13. The summed E-state index contributed by atoms with van der Waals surface area (Å²) >= 11 is 3.32. The Labute approximate surface area is 156 Å². The largest absolute Gasteiger partial charge is 0.469 e. The number of rotatable bonds is 7. The van der Waals surface area contributed by atoms with E-state index in [4.69, 9.17) is 19.9 Å². The molecule has 0 radical (unpaired) electrons. The van der Waals surface area contributed by atoms with Gasteiger partial charge >= 0.3 is 5.97 Å². The fraction of sp³-hybridized carbons (Fsp3) is 0.611. The number of halogens is 2. The van der Waals surface area contributed by atoms with Gasteiger partial charge in [0.2, 0.25) is 0 Å². The van der Waals surface area contributed by atoms with E-state index in [0.717, 1.165) is 12.8 Å². The van der Waals surface area contributed by atoms with E-state index < -0.39 is 23.2 Å². The van der Waals surface area contributed by atoms with Crippen molar-refractivity contribution < 1.29 is 23.4 Å². The van der Waals surface area contributed by atoms with Crippen molar-refractivity contribution in [3.8, 4) is 0 Å². The fourth-order valence-electron chi connectivity index (χ4n) is 3.04. The first-order valence-corrected chi connectivity index (χ1v) is 9.23. The second kappa shape index (κ2) is 9.07. The van der Waals surface area contributed by atoms with E-state index in [2.05, 4.69) is 22.9 Å². The maximum absolute atomic E-state index is 14.4. The molecule has 0 aliphatic carbocycles. The van der Waals surface area contributed by atoms with Crippen molar-refractivity contribution in [2.24, 2.45) is 11.7 Å². The minimum Gasteiger partial charge on any atom is -0.469 e. The first kappa shape index (κ1) is 20.3. The number of carbonyl (C=O) groups is 1. The van der Waals surface area contributed by atoms with Crippen LogP contribution in [0.5, 0.6) is 0 Å². The van der Waals surface area contributed by atoms with Gasteiger partial charge in [0, 0.05) is 16.6 Å². The second-order valence-electron chi connectivity index (χ2n) is 6.34. The number of unbranched alkanes of at least 4 members (excludes halogenated alkanes) is 1. The molecule has 140 valence electrons. The van der Waals surface area contributed by atoms with Crippen molar-refractivity contribution in [2.75, 3.05) is 26.9 Å². The molecule has 1 aliphatic rings. The second-order valence-corrected chi connectivity index (χ2v) is 7.25. The molecule has 25 heavy (non-hydrogen) atoms. The Morgan fingerprint density at radius 2 is 2.28 bits per heavy atom. The van der Waals surface area contributed by atoms with Gasteiger partial charge in [0.1, 0.15) is 5.82 Å². The number of hydrogen-bond donors (Lipinski definition) is 1. The van der Waals surface area contributed by atoms with Crippen molar-refractivity contribution >= 4 is 21.9 Å². The normalized spacial score (nSPS) is 26.4. The van der Waals surface area contributed by atoms with Gasteiger partial charge in [-0.2, -0.15) is 0 Å². The summed E-state index contributed by atoms with van der Waals surface area (Å²) in [4.78, 5) is 12.3.